The molecule has 0 aromatic heterocycles. The number of hydrogen-bond donors (Lipinski definition) is 1. The van der Waals surface area contributed by atoms with Gasteiger partial charge in [0.15, 0.2) is 0 Å². The van der Waals surface area contributed by atoms with E-state index in [4.69, 9.17) is 5.11 Å². The first kappa shape index (κ1) is 12.9. The minimum Gasteiger partial charge on any atom is -0.481 e. The van der Waals surface area contributed by atoms with E-state index in [1.165, 1.54) is 38.5 Å². The predicted molar refractivity (Wildman–Crippen MR) is 68.0 cm³/mol. The molecule has 0 atom stereocenters. The van der Waals surface area contributed by atoms with Crippen molar-refractivity contribution in [3.05, 3.63) is 0 Å². The minimum absolute atomic E-state index is 0.0639. The molecule has 2 saturated carbocycles. The molecular weight excluding hydrogens is 214 g/mol. The second-order valence-electron chi connectivity index (χ2n) is 6.13. The molecule has 2 aliphatic rings. The van der Waals surface area contributed by atoms with Gasteiger partial charge in [-0.05, 0) is 38.1 Å². The molecule has 3 heteroatoms. The summed E-state index contributed by atoms with van der Waals surface area (Å²) in [6.07, 6.45) is 10.3. The Hall–Kier alpha value is -0.570. The van der Waals surface area contributed by atoms with E-state index in [1.54, 1.807) is 0 Å². The maximum Gasteiger partial charge on any atom is 0.303 e. The highest BCUT2D eigenvalue weighted by atomic mass is 16.4. The minimum atomic E-state index is -0.617. The summed E-state index contributed by atoms with van der Waals surface area (Å²) < 4.78 is 0. The van der Waals surface area contributed by atoms with Crippen molar-refractivity contribution in [3.8, 4) is 0 Å². The molecule has 0 spiro atoms. The molecule has 0 amide bonds. The molecule has 0 saturated heterocycles. The van der Waals surface area contributed by atoms with Crippen molar-refractivity contribution in [2.75, 3.05) is 13.6 Å². The Morgan fingerprint density at radius 1 is 1.24 bits per heavy atom. The Bertz CT molecular complexity index is 267. The van der Waals surface area contributed by atoms with Crippen molar-refractivity contribution >= 4 is 5.97 Å². The summed E-state index contributed by atoms with van der Waals surface area (Å²) in [5.41, 5.74) is 0.0639. The molecule has 0 aliphatic heterocycles. The van der Waals surface area contributed by atoms with Crippen LogP contribution >= 0.6 is 0 Å². The van der Waals surface area contributed by atoms with Crippen molar-refractivity contribution in [1.29, 1.82) is 0 Å². The lowest BCUT2D eigenvalue weighted by atomic mass is 9.71. The third-order valence-corrected chi connectivity index (χ3v) is 4.72. The molecule has 2 rings (SSSR count). The monoisotopic (exact) mass is 239 g/mol. The zero-order valence-electron chi connectivity index (χ0n) is 11.0. The molecule has 0 aromatic carbocycles. The van der Waals surface area contributed by atoms with E-state index in [-0.39, 0.29) is 5.41 Å². The highest BCUT2D eigenvalue weighted by molar-refractivity contribution is 5.67. The summed E-state index contributed by atoms with van der Waals surface area (Å²) in [5.74, 6) is -0.617. The number of nitrogens with zero attached hydrogens (tertiary/aromatic N) is 1. The second kappa shape index (κ2) is 5.38. The molecule has 0 radical (unpaired) electrons. The molecule has 17 heavy (non-hydrogen) atoms. The van der Waals surface area contributed by atoms with Crippen LogP contribution in [0.4, 0.5) is 0 Å². The van der Waals surface area contributed by atoms with E-state index in [0.717, 1.165) is 25.4 Å². The van der Waals surface area contributed by atoms with Crippen LogP contribution in [0.2, 0.25) is 0 Å². The van der Waals surface area contributed by atoms with Gasteiger partial charge >= 0.3 is 5.97 Å². The Labute approximate surface area is 104 Å². The first-order valence-corrected chi connectivity index (χ1v) is 7.03. The van der Waals surface area contributed by atoms with Gasteiger partial charge in [0.2, 0.25) is 0 Å². The van der Waals surface area contributed by atoms with Gasteiger partial charge in [-0.25, -0.2) is 0 Å². The van der Waals surface area contributed by atoms with Crippen molar-refractivity contribution in [1.82, 2.24) is 4.90 Å². The van der Waals surface area contributed by atoms with Gasteiger partial charge in [0.1, 0.15) is 0 Å². The van der Waals surface area contributed by atoms with Crippen LogP contribution in [0.3, 0.4) is 0 Å². The van der Waals surface area contributed by atoms with Gasteiger partial charge in [-0.15, -0.1) is 0 Å². The van der Waals surface area contributed by atoms with Crippen molar-refractivity contribution < 1.29 is 9.90 Å². The van der Waals surface area contributed by atoms with Crippen molar-refractivity contribution in [3.63, 3.8) is 0 Å². The lowest BCUT2D eigenvalue weighted by molar-refractivity contribution is -0.141. The molecule has 0 heterocycles. The van der Waals surface area contributed by atoms with Gasteiger partial charge in [-0.3, -0.25) is 4.79 Å². The summed E-state index contributed by atoms with van der Waals surface area (Å²) in [4.78, 5) is 13.5. The Balaban J connectivity index is 1.95. The lowest BCUT2D eigenvalue weighted by Crippen LogP contribution is -2.45. The van der Waals surface area contributed by atoms with Gasteiger partial charge in [0.25, 0.3) is 0 Å². The van der Waals surface area contributed by atoms with Gasteiger partial charge < -0.3 is 10.0 Å². The zero-order valence-corrected chi connectivity index (χ0v) is 11.0. The molecule has 2 fully saturated rings. The number of carboxylic acids is 1. The van der Waals surface area contributed by atoms with E-state index >= 15 is 0 Å². The van der Waals surface area contributed by atoms with Crippen LogP contribution in [0.1, 0.15) is 57.8 Å². The molecule has 3 nitrogen and oxygen atoms in total. The largest absolute Gasteiger partial charge is 0.481 e. The molecule has 0 aromatic rings. The summed E-state index contributed by atoms with van der Waals surface area (Å²) >= 11 is 0. The number of rotatable bonds is 5. The Kier molecular flexibility index (Phi) is 4.08. The quantitative estimate of drug-likeness (QED) is 0.802. The fraction of sp³-hybridized carbons (Fsp3) is 0.929. The van der Waals surface area contributed by atoms with Crippen LogP contribution in [0.5, 0.6) is 0 Å². The van der Waals surface area contributed by atoms with Gasteiger partial charge in [0, 0.05) is 12.6 Å². The molecular formula is C14H25NO2. The van der Waals surface area contributed by atoms with Gasteiger partial charge in [-0.2, -0.15) is 0 Å². The molecule has 98 valence electrons. The fourth-order valence-corrected chi connectivity index (χ4v) is 3.50. The van der Waals surface area contributed by atoms with Crippen LogP contribution in [-0.4, -0.2) is 35.6 Å². The number of carboxylic acid groups (broad SMARTS) is 1. The highest BCUT2D eigenvalue weighted by Crippen LogP contribution is 2.41. The summed E-state index contributed by atoms with van der Waals surface area (Å²) in [7, 11) is 2.18. The smallest absolute Gasteiger partial charge is 0.303 e. The highest BCUT2D eigenvalue weighted by Gasteiger charge is 2.37. The number of aliphatic carboxylic acids is 1. The average Bonchev–Trinajstić information content (AvgIpc) is 2.13. The SMILES string of the molecule is CN(CC1(CC(=O)O)CCCCC1)C1CCC1. The maximum absolute atomic E-state index is 11.1. The third-order valence-electron chi connectivity index (χ3n) is 4.72. The topological polar surface area (TPSA) is 40.5 Å². The molecule has 1 N–H and O–H groups in total. The third kappa shape index (κ3) is 3.21. The lowest BCUT2D eigenvalue weighted by Gasteiger charge is -2.44. The summed E-state index contributed by atoms with van der Waals surface area (Å²) in [6.45, 7) is 0.990. The van der Waals surface area contributed by atoms with Gasteiger partial charge in [0.05, 0.1) is 6.42 Å². The molecule has 0 bridgehead atoms. The second-order valence-corrected chi connectivity index (χ2v) is 6.13. The van der Waals surface area contributed by atoms with E-state index < -0.39 is 5.97 Å². The van der Waals surface area contributed by atoms with Crippen LogP contribution in [0.15, 0.2) is 0 Å². The Morgan fingerprint density at radius 2 is 1.88 bits per heavy atom. The van der Waals surface area contributed by atoms with Crippen LogP contribution in [0, 0.1) is 5.41 Å². The van der Waals surface area contributed by atoms with E-state index in [1.807, 2.05) is 0 Å². The number of carbonyl (C=O) groups is 1. The standard InChI is InChI=1S/C14H25NO2/c1-15(12-6-5-7-12)11-14(10-13(16)17)8-3-2-4-9-14/h12H,2-11H2,1H3,(H,16,17). The van der Waals surface area contributed by atoms with E-state index in [2.05, 4.69) is 11.9 Å². The zero-order chi connectivity index (χ0) is 12.3. The van der Waals surface area contributed by atoms with Crippen molar-refractivity contribution in [2.45, 2.75) is 63.8 Å². The van der Waals surface area contributed by atoms with Crippen LogP contribution in [0.25, 0.3) is 0 Å². The van der Waals surface area contributed by atoms with Crippen molar-refractivity contribution in [2.24, 2.45) is 5.41 Å². The van der Waals surface area contributed by atoms with Gasteiger partial charge in [-0.1, -0.05) is 25.7 Å². The first-order valence-electron chi connectivity index (χ1n) is 7.03. The maximum atomic E-state index is 11.1. The Morgan fingerprint density at radius 3 is 2.35 bits per heavy atom. The fourth-order valence-electron chi connectivity index (χ4n) is 3.50. The van der Waals surface area contributed by atoms with Crippen LogP contribution in [-0.2, 0) is 4.79 Å². The average molecular weight is 239 g/mol. The summed E-state index contributed by atoms with van der Waals surface area (Å²) in [5, 5.41) is 9.14. The van der Waals surface area contributed by atoms with Crippen LogP contribution < -0.4 is 0 Å². The molecule has 2 aliphatic carbocycles. The van der Waals surface area contributed by atoms with E-state index in [9.17, 15) is 4.79 Å². The first-order chi connectivity index (χ1) is 8.11. The number of hydrogen-bond acceptors (Lipinski definition) is 2. The van der Waals surface area contributed by atoms with E-state index in [0.29, 0.717) is 6.42 Å². The molecule has 0 unspecified atom stereocenters. The normalized spacial score (nSPS) is 24.6. The predicted octanol–water partition coefficient (Wildman–Crippen LogP) is 2.90. The summed E-state index contributed by atoms with van der Waals surface area (Å²) in [6, 6.07) is 0.725.